The van der Waals surface area contributed by atoms with Crippen LogP contribution in [0.4, 0.5) is 5.82 Å². The van der Waals surface area contributed by atoms with E-state index in [0.29, 0.717) is 13.0 Å². The first kappa shape index (κ1) is 16.8. The zero-order valence-corrected chi connectivity index (χ0v) is 14.7. The third kappa shape index (κ3) is 3.38. The summed E-state index contributed by atoms with van der Waals surface area (Å²) in [7, 11) is 5.66. The lowest BCUT2D eigenvalue weighted by Crippen LogP contribution is -2.39. The van der Waals surface area contributed by atoms with E-state index >= 15 is 0 Å². The number of piperidine rings is 1. The number of amides is 1. The van der Waals surface area contributed by atoms with Crippen LogP contribution in [0.3, 0.4) is 0 Å². The minimum Gasteiger partial charge on any atom is -0.384 e. The average molecular weight is 330 g/mol. The Labute approximate surface area is 143 Å². The number of aromatic nitrogens is 2. The molecule has 0 aromatic carbocycles. The molecule has 1 atom stereocenters. The van der Waals surface area contributed by atoms with Gasteiger partial charge in [0.05, 0.1) is 24.2 Å². The van der Waals surface area contributed by atoms with Crippen LogP contribution in [0.1, 0.15) is 30.9 Å². The van der Waals surface area contributed by atoms with Crippen LogP contribution in [-0.4, -0.2) is 61.1 Å². The smallest absolute Gasteiger partial charge is 0.224 e. The SMILES string of the molecule is COCCC(=O)N1CCC[C@@H](c2cn3cccc3c(N(C)C)n2)C1. The van der Waals surface area contributed by atoms with Gasteiger partial charge in [-0.3, -0.25) is 4.79 Å². The number of likely N-dealkylation sites (tertiary alicyclic amines) is 1. The van der Waals surface area contributed by atoms with E-state index < -0.39 is 0 Å². The molecule has 6 nitrogen and oxygen atoms in total. The standard InChI is InChI=1S/C18H26N4O2/c1-20(2)18-16-7-5-9-21(16)13-15(19-18)14-6-4-10-22(12-14)17(23)8-11-24-3/h5,7,9,13-14H,4,6,8,10-12H2,1-3H3/t14-/m1/s1. The molecule has 0 saturated carbocycles. The first-order valence-corrected chi connectivity index (χ1v) is 8.52. The van der Waals surface area contributed by atoms with Crippen molar-refractivity contribution in [2.45, 2.75) is 25.2 Å². The van der Waals surface area contributed by atoms with Gasteiger partial charge in [0, 0.05) is 52.6 Å². The monoisotopic (exact) mass is 330 g/mol. The highest BCUT2D eigenvalue weighted by atomic mass is 16.5. The lowest BCUT2D eigenvalue weighted by atomic mass is 9.94. The molecule has 1 aliphatic rings. The van der Waals surface area contributed by atoms with Crippen LogP contribution in [0, 0.1) is 0 Å². The second-order valence-electron chi connectivity index (χ2n) is 6.61. The van der Waals surface area contributed by atoms with Gasteiger partial charge in [-0.1, -0.05) is 0 Å². The third-order valence-corrected chi connectivity index (χ3v) is 4.65. The van der Waals surface area contributed by atoms with E-state index in [-0.39, 0.29) is 11.8 Å². The van der Waals surface area contributed by atoms with E-state index in [1.165, 1.54) is 0 Å². The summed E-state index contributed by atoms with van der Waals surface area (Å²) in [5.41, 5.74) is 2.17. The number of rotatable bonds is 5. The van der Waals surface area contributed by atoms with Crippen LogP contribution in [0.5, 0.6) is 0 Å². The molecule has 0 N–H and O–H groups in total. The first-order chi connectivity index (χ1) is 11.6. The van der Waals surface area contributed by atoms with Gasteiger partial charge >= 0.3 is 0 Å². The first-order valence-electron chi connectivity index (χ1n) is 8.52. The summed E-state index contributed by atoms with van der Waals surface area (Å²) < 4.78 is 7.16. The van der Waals surface area contributed by atoms with Crippen molar-refractivity contribution in [1.82, 2.24) is 14.3 Å². The van der Waals surface area contributed by atoms with Crippen LogP contribution in [0.15, 0.2) is 24.5 Å². The van der Waals surface area contributed by atoms with E-state index in [2.05, 4.69) is 22.9 Å². The van der Waals surface area contributed by atoms with Crippen molar-refractivity contribution in [2.24, 2.45) is 0 Å². The van der Waals surface area contributed by atoms with Crippen LogP contribution in [-0.2, 0) is 9.53 Å². The van der Waals surface area contributed by atoms with Gasteiger partial charge in [0.15, 0.2) is 5.82 Å². The Balaban J connectivity index is 1.83. The predicted molar refractivity (Wildman–Crippen MR) is 94.6 cm³/mol. The molecule has 0 spiro atoms. The summed E-state index contributed by atoms with van der Waals surface area (Å²) in [5, 5.41) is 0. The normalized spacial score (nSPS) is 18.1. The Kier molecular flexibility index (Phi) is 5.04. The second-order valence-corrected chi connectivity index (χ2v) is 6.61. The second kappa shape index (κ2) is 7.21. The van der Waals surface area contributed by atoms with Crippen LogP contribution < -0.4 is 4.90 Å². The van der Waals surface area contributed by atoms with Crippen molar-refractivity contribution < 1.29 is 9.53 Å². The van der Waals surface area contributed by atoms with E-state index in [9.17, 15) is 4.79 Å². The van der Waals surface area contributed by atoms with Gasteiger partial charge in [-0.2, -0.15) is 0 Å². The lowest BCUT2D eigenvalue weighted by Gasteiger charge is -2.33. The van der Waals surface area contributed by atoms with Crippen molar-refractivity contribution >= 4 is 17.2 Å². The minimum absolute atomic E-state index is 0.177. The molecule has 1 aliphatic heterocycles. The van der Waals surface area contributed by atoms with Crippen molar-refractivity contribution in [3.63, 3.8) is 0 Å². The number of fused-ring (bicyclic) bond motifs is 1. The molecule has 0 aliphatic carbocycles. The van der Waals surface area contributed by atoms with E-state index in [4.69, 9.17) is 9.72 Å². The Morgan fingerprint density at radius 2 is 2.29 bits per heavy atom. The third-order valence-electron chi connectivity index (χ3n) is 4.65. The fourth-order valence-corrected chi connectivity index (χ4v) is 3.37. The fourth-order valence-electron chi connectivity index (χ4n) is 3.37. The molecule has 0 radical (unpaired) electrons. The van der Waals surface area contributed by atoms with Crippen LogP contribution >= 0.6 is 0 Å². The van der Waals surface area contributed by atoms with Crippen molar-refractivity contribution in [3.05, 3.63) is 30.2 Å². The Hall–Kier alpha value is -2.08. The molecule has 24 heavy (non-hydrogen) atoms. The maximum absolute atomic E-state index is 12.3. The zero-order valence-electron chi connectivity index (χ0n) is 14.7. The maximum atomic E-state index is 12.3. The molecule has 1 amide bonds. The minimum atomic E-state index is 0.177. The average Bonchev–Trinajstić information content (AvgIpc) is 3.07. The van der Waals surface area contributed by atoms with Gasteiger partial charge in [-0.25, -0.2) is 4.98 Å². The van der Waals surface area contributed by atoms with Gasteiger partial charge < -0.3 is 18.9 Å². The number of hydrogen-bond donors (Lipinski definition) is 0. The quantitative estimate of drug-likeness (QED) is 0.843. The molecule has 3 rings (SSSR count). The molecule has 2 aromatic heterocycles. The topological polar surface area (TPSA) is 50.1 Å². The molecule has 130 valence electrons. The van der Waals surface area contributed by atoms with Gasteiger partial charge in [0.25, 0.3) is 0 Å². The summed E-state index contributed by atoms with van der Waals surface area (Å²) in [6, 6.07) is 4.11. The van der Waals surface area contributed by atoms with E-state index in [1.54, 1.807) is 7.11 Å². The molecule has 3 heterocycles. The highest BCUT2D eigenvalue weighted by Gasteiger charge is 2.26. The Morgan fingerprint density at radius 3 is 3.04 bits per heavy atom. The van der Waals surface area contributed by atoms with E-state index in [1.807, 2.05) is 30.0 Å². The number of nitrogens with zero attached hydrogens (tertiary/aromatic N) is 4. The number of hydrogen-bond acceptors (Lipinski definition) is 4. The number of ether oxygens (including phenoxy) is 1. The number of carbonyl (C=O) groups is 1. The molecular weight excluding hydrogens is 304 g/mol. The Bertz CT molecular complexity index is 710. The van der Waals surface area contributed by atoms with Crippen LogP contribution in [0.2, 0.25) is 0 Å². The molecule has 0 bridgehead atoms. The molecular formula is C18H26N4O2. The van der Waals surface area contributed by atoms with Gasteiger partial charge in [-0.15, -0.1) is 0 Å². The van der Waals surface area contributed by atoms with Crippen molar-refractivity contribution in [3.8, 4) is 0 Å². The van der Waals surface area contributed by atoms with Gasteiger partial charge in [0.2, 0.25) is 5.91 Å². The summed E-state index contributed by atoms with van der Waals surface area (Å²) in [6.07, 6.45) is 6.71. The fraction of sp³-hybridized carbons (Fsp3) is 0.556. The summed E-state index contributed by atoms with van der Waals surface area (Å²) in [6.45, 7) is 2.07. The van der Waals surface area contributed by atoms with E-state index in [0.717, 1.165) is 43.0 Å². The highest BCUT2D eigenvalue weighted by Crippen LogP contribution is 2.29. The van der Waals surface area contributed by atoms with Crippen molar-refractivity contribution in [1.29, 1.82) is 0 Å². The largest absolute Gasteiger partial charge is 0.384 e. The number of methoxy groups -OCH3 is 1. The molecule has 6 heteroatoms. The number of anilines is 1. The molecule has 1 fully saturated rings. The molecule has 2 aromatic rings. The van der Waals surface area contributed by atoms with Crippen molar-refractivity contribution in [2.75, 3.05) is 45.8 Å². The highest BCUT2D eigenvalue weighted by molar-refractivity contribution is 5.76. The lowest BCUT2D eigenvalue weighted by molar-refractivity contribution is -0.133. The molecule has 0 unspecified atom stereocenters. The summed E-state index contributed by atoms with van der Waals surface area (Å²) in [4.78, 5) is 21.2. The number of carbonyl (C=O) groups excluding carboxylic acids is 1. The maximum Gasteiger partial charge on any atom is 0.224 e. The predicted octanol–water partition coefficient (Wildman–Crippen LogP) is 2.14. The summed E-state index contributed by atoms with van der Waals surface area (Å²) >= 11 is 0. The zero-order chi connectivity index (χ0) is 17.1. The molecule has 1 saturated heterocycles. The van der Waals surface area contributed by atoms with Gasteiger partial charge in [-0.05, 0) is 25.0 Å². The Morgan fingerprint density at radius 1 is 1.46 bits per heavy atom. The van der Waals surface area contributed by atoms with Crippen LogP contribution in [0.25, 0.3) is 5.52 Å². The summed E-state index contributed by atoms with van der Waals surface area (Å²) in [5.74, 6) is 1.44. The van der Waals surface area contributed by atoms with Gasteiger partial charge in [0.1, 0.15) is 0 Å².